The first-order chi connectivity index (χ1) is 10.4. The summed E-state index contributed by atoms with van der Waals surface area (Å²) in [7, 11) is 0. The van der Waals surface area contributed by atoms with Crippen molar-refractivity contribution < 1.29 is 0 Å². The number of nitrogens with zero attached hydrogens (tertiary/aromatic N) is 1. The molecular formula is C20H41N. The molecule has 1 aliphatic heterocycles. The zero-order valence-electron chi connectivity index (χ0n) is 14.9. The topological polar surface area (TPSA) is 3.24 Å². The fourth-order valence-corrected chi connectivity index (χ4v) is 3.54. The van der Waals surface area contributed by atoms with E-state index in [2.05, 4.69) is 11.8 Å². The minimum absolute atomic E-state index is 1.37. The van der Waals surface area contributed by atoms with Crippen LogP contribution in [0.5, 0.6) is 0 Å². The minimum Gasteiger partial charge on any atom is -0.303 e. The van der Waals surface area contributed by atoms with E-state index in [1.165, 1.54) is 122 Å². The second kappa shape index (κ2) is 14.9. The van der Waals surface area contributed by atoms with Crippen LogP contribution in [0.2, 0.25) is 0 Å². The van der Waals surface area contributed by atoms with Crippen molar-refractivity contribution >= 4 is 0 Å². The van der Waals surface area contributed by atoms with Gasteiger partial charge in [0.1, 0.15) is 0 Å². The predicted molar refractivity (Wildman–Crippen MR) is 96.0 cm³/mol. The van der Waals surface area contributed by atoms with Gasteiger partial charge in [0.05, 0.1) is 0 Å². The van der Waals surface area contributed by atoms with Crippen LogP contribution in [0.1, 0.15) is 110 Å². The van der Waals surface area contributed by atoms with Crippen molar-refractivity contribution in [2.45, 2.75) is 110 Å². The third-order valence-electron chi connectivity index (χ3n) is 5.03. The van der Waals surface area contributed by atoms with E-state index in [1.54, 1.807) is 0 Å². The van der Waals surface area contributed by atoms with Crippen molar-refractivity contribution in [2.75, 3.05) is 19.6 Å². The van der Waals surface area contributed by atoms with Gasteiger partial charge in [-0.2, -0.15) is 0 Å². The molecule has 126 valence electrons. The average molecular weight is 296 g/mol. The molecule has 1 saturated heterocycles. The Kier molecular flexibility index (Phi) is 13.5. The summed E-state index contributed by atoms with van der Waals surface area (Å²) in [6.07, 6.45) is 23.4. The number of hydrogen-bond acceptors (Lipinski definition) is 1. The summed E-state index contributed by atoms with van der Waals surface area (Å²) in [6.45, 7) is 6.42. The molecule has 1 aliphatic rings. The molecule has 21 heavy (non-hydrogen) atoms. The molecule has 0 saturated carbocycles. The van der Waals surface area contributed by atoms with Crippen molar-refractivity contribution in [3.8, 4) is 0 Å². The summed E-state index contributed by atoms with van der Waals surface area (Å²) >= 11 is 0. The van der Waals surface area contributed by atoms with E-state index in [0.717, 1.165) is 0 Å². The number of rotatable bonds is 14. The molecular weight excluding hydrogens is 254 g/mol. The predicted octanol–water partition coefficient (Wildman–Crippen LogP) is 6.56. The molecule has 0 bridgehead atoms. The summed E-state index contributed by atoms with van der Waals surface area (Å²) < 4.78 is 0. The van der Waals surface area contributed by atoms with Gasteiger partial charge in [-0.1, -0.05) is 90.4 Å². The second-order valence-corrected chi connectivity index (χ2v) is 7.14. The van der Waals surface area contributed by atoms with Crippen molar-refractivity contribution in [1.82, 2.24) is 4.90 Å². The van der Waals surface area contributed by atoms with E-state index in [0.29, 0.717) is 0 Å². The number of likely N-dealkylation sites (tertiary alicyclic amines) is 1. The van der Waals surface area contributed by atoms with Gasteiger partial charge in [-0.05, 0) is 38.9 Å². The SMILES string of the molecule is CCCCCCCCCCCCCCCN1CCCCC1. The molecule has 1 nitrogen and oxygen atoms in total. The lowest BCUT2D eigenvalue weighted by Gasteiger charge is -2.26. The first-order valence-electron chi connectivity index (χ1n) is 10.2. The molecule has 0 unspecified atom stereocenters. The lowest BCUT2D eigenvalue weighted by molar-refractivity contribution is 0.224. The van der Waals surface area contributed by atoms with E-state index in [9.17, 15) is 0 Å². The van der Waals surface area contributed by atoms with Crippen molar-refractivity contribution in [3.63, 3.8) is 0 Å². The van der Waals surface area contributed by atoms with Gasteiger partial charge in [0, 0.05) is 0 Å². The lowest BCUT2D eigenvalue weighted by atomic mass is 10.0. The Bertz CT molecular complexity index is 196. The Hall–Kier alpha value is -0.0400. The van der Waals surface area contributed by atoms with Crippen LogP contribution >= 0.6 is 0 Å². The summed E-state index contributed by atoms with van der Waals surface area (Å²) in [6, 6.07) is 0. The van der Waals surface area contributed by atoms with Crippen molar-refractivity contribution in [3.05, 3.63) is 0 Å². The van der Waals surface area contributed by atoms with Crippen molar-refractivity contribution in [2.24, 2.45) is 0 Å². The second-order valence-electron chi connectivity index (χ2n) is 7.14. The molecule has 0 amide bonds. The Morgan fingerprint density at radius 2 is 0.952 bits per heavy atom. The van der Waals surface area contributed by atoms with Gasteiger partial charge in [0.2, 0.25) is 0 Å². The van der Waals surface area contributed by atoms with Gasteiger partial charge in [-0.25, -0.2) is 0 Å². The quantitative estimate of drug-likeness (QED) is 0.328. The smallest absolute Gasteiger partial charge is 0.00187 e. The first kappa shape index (κ1) is 19.0. The molecule has 0 radical (unpaired) electrons. The van der Waals surface area contributed by atoms with Crippen LogP contribution < -0.4 is 0 Å². The molecule has 0 aromatic carbocycles. The van der Waals surface area contributed by atoms with Gasteiger partial charge in [0.25, 0.3) is 0 Å². The van der Waals surface area contributed by atoms with Crippen LogP contribution in [-0.4, -0.2) is 24.5 Å². The van der Waals surface area contributed by atoms with Crippen LogP contribution in [-0.2, 0) is 0 Å². The van der Waals surface area contributed by atoms with Crippen molar-refractivity contribution in [1.29, 1.82) is 0 Å². The van der Waals surface area contributed by atoms with Gasteiger partial charge in [0.15, 0.2) is 0 Å². The Labute approximate surface area is 134 Å². The molecule has 1 fully saturated rings. The zero-order chi connectivity index (χ0) is 15.0. The Morgan fingerprint density at radius 1 is 0.524 bits per heavy atom. The molecule has 1 heterocycles. The van der Waals surface area contributed by atoms with E-state index >= 15 is 0 Å². The first-order valence-corrected chi connectivity index (χ1v) is 10.2. The molecule has 1 heteroatoms. The highest BCUT2D eigenvalue weighted by Crippen LogP contribution is 2.13. The third kappa shape index (κ3) is 12.2. The molecule has 0 aliphatic carbocycles. The summed E-state index contributed by atoms with van der Waals surface area (Å²) in [5.74, 6) is 0. The summed E-state index contributed by atoms with van der Waals surface area (Å²) in [4.78, 5) is 2.68. The fourth-order valence-electron chi connectivity index (χ4n) is 3.54. The Balaban J connectivity index is 1.69. The van der Waals surface area contributed by atoms with E-state index in [-0.39, 0.29) is 0 Å². The molecule has 0 aromatic rings. The maximum Gasteiger partial charge on any atom is -0.00187 e. The minimum atomic E-state index is 1.37. The normalized spacial score (nSPS) is 16.4. The van der Waals surface area contributed by atoms with E-state index in [1.807, 2.05) is 0 Å². The van der Waals surface area contributed by atoms with Gasteiger partial charge >= 0.3 is 0 Å². The summed E-state index contributed by atoms with van der Waals surface area (Å²) in [5, 5.41) is 0. The monoisotopic (exact) mass is 295 g/mol. The highest BCUT2D eigenvalue weighted by molar-refractivity contribution is 4.64. The van der Waals surface area contributed by atoms with Crippen LogP contribution in [0, 0.1) is 0 Å². The number of hydrogen-bond donors (Lipinski definition) is 0. The fraction of sp³-hybridized carbons (Fsp3) is 1.00. The largest absolute Gasteiger partial charge is 0.303 e. The third-order valence-corrected chi connectivity index (χ3v) is 5.03. The molecule has 0 aromatic heterocycles. The molecule has 0 spiro atoms. The van der Waals surface area contributed by atoms with Gasteiger partial charge < -0.3 is 4.90 Å². The summed E-state index contributed by atoms with van der Waals surface area (Å²) in [5.41, 5.74) is 0. The molecule has 0 N–H and O–H groups in total. The van der Waals surface area contributed by atoms with Crippen LogP contribution in [0.4, 0.5) is 0 Å². The van der Waals surface area contributed by atoms with Crippen LogP contribution in [0.15, 0.2) is 0 Å². The Morgan fingerprint density at radius 3 is 1.43 bits per heavy atom. The van der Waals surface area contributed by atoms with Crippen LogP contribution in [0.25, 0.3) is 0 Å². The number of piperidine rings is 1. The number of unbranched alkanes of at least 4 members (excludes halogenated alkanes) is 12. The van der Waals surface area contributed by atoms with Crippen LogP contribution in [0.3, 0.4) is 0 Å². The molecule has 1 rings (SSSR count). The molecule has 0 atom stereocenters. The lowest BCUT2D eigenvalue weighted by Crippen LogP contribution is -2.30. The van der Waals surface area contributed by atoms with E-state index < -0.39 is 0 Å². The zero-order valence-corrected chi connectivity index (χ0v) is 14.9. The average Bonchev–Trinajstić information content (AvgIpc) is 2.53. The standard InChI is InChI=1S/C20H41N/c1-2-3-4-5-6-7-8-9-10-11-12-13-15-18-21-19-16-14-17-20-21/h2-20H2,1H3. The maximum absolute atomic E-state index is 2.68. The van der Waals surface area contributed by atoms with E-state index in [4.69, 9.17) is 0 Å². The maximum atomic E-state index is 2.68. The highest BCUT2D eigenvalue weighted by atomic mass is 15.1. The highest BCUT2D eigenvalue weighted by Gasteiger charge is 2.08. The van der Waals surface area contributed by atoms with Gasteiger partial charge in [-0.15, -0.1) is 0 Å². The van der Waals surface area contributed by atoms with Gasteiger partial charge in [-0.3, -0.25) is 0 Å².